The van der Waals surface area contributed by atoms with Crippen LogP contribution in [0, 0.1) is 0 Å². The molecule has 4 heteroatoms. The molecule has 0 atom stereocenters. The van der Waals surface area contributed by atoms with Gasteiger partial charge in [0.1, 0.15) is 19.0 Å². The van der Waals surface area contributed by atoms with Gasteiger partial charge in [-0.25, -0.2) is 4.79 Å². The van der Waals surface area contributed by atoms with Crippen molar-refractivity contribution in [2.45, 2.75) is 13.5 Å². The number of furan rings is 1. The average Bonchev–Trinajstić information content (AvgIpc) is 2.67. The maximum absolute atomic E-state index is 11.3. The molecule has 0 radical (unpaired) electrons. The van der Waals surface area contributed by atoms with Crippen molar-refractivity contribution < 1.29 is 18.7 Å². The number of hydrogen-bond donors (Lipinski definition) is 0. The van der Waals surface area contributed by atoms with Crippen LogP contribution in [0.3, 0.4) is 0 Å². The topological polar surface area (TPSA) is 48.7 Å². The Kier molecular flexibility index (Phi) is 4.63. The number of carbonyl (C=O) groups is 1. The van der Waals surface area contributed by atoms with Gasteiger partial charge in [-0.05, 0) is 19.1 Å². The summed E-state index contributed by atoms with van der Waals surface area (Å²) in [6.45, 7) is 2.47. The van der Waals surface area contributed by atoms with Crippen molar-refractivity contribution in [3.8, 4) is 0 Å². The highest BCUT2D eigenvalue weighted by Gasteiger charge is 2.11. The van der Waals surface area contributed by atoms with Crippen molar-refractivity contribution >= 4 is 5.97 Å². The van der Waals surface area contributed by atoms with Gasteiger partial charge in [-0.15, -0.1) is 0 Å². The monoisotopic (exact) mass is 210 g/mol. The molecule has 1 aromatic rings. The molecule has 15 heavy (non-hydrogen) atoms. The van der Waals surface area contributed by atoms with Crippen LogP contribution in [0.25, 0.3) is 0 Å². The van der Waals surface area contributed by atoms with E-state index in [0.717, 1.165) is 0 Å². The molecule has 0 unspecified atom stereocenters. The Balaban J connectivity index is 2.50. The number of allylic oxidation sites excluding steroid dienone is 1. The second kappa shape index (κ2) is 6.03. The number of hydrogen-bond acceptors (Lipinski definition) is 4. The van der Waals surface area contributed by atoms with Gasteiger partial charge in [0.2, 0.25) is 5.76 Å². The second-order valence-corrected chi connectivity index (χ2v) is 2.87. The van der Waals surface area contributed by atoms with Crippen LogP contribution in [0.5, 0.6) is 0 Å². The molecule has 0 bridgehead atoms. The van der Waals surface area contributed by atoms with E-state index < -0.39 is 5.97 Å². The van der Waals surface area contributed by atoms with Gasteiger partial charge in [0.25, 0.3) is 0 Å². The van der Waals surface area contributed by atoms with E-state index in [1.165, 1.54) is 0 Å². The molecule has 0 aliphatic rings. The minimum absolute atomic E-state index is 0.201. The molecular formula is C11H14O4. The normalized spacial score (nSPS) is 10.8. The fraction of sp³-hybridized carbons (Fsp3) is 0.364. The standard InChI is InChI=1S/C11H14O4/c1-3-4-7-14-11(12)10-6-5-9(15-10)8-13-2/h3-6H,7-8H2,1-2H3/b4-3+. The molecule has 1 aromatic heterocycles. The molecular weight excluding hydrogens is 196 g/mol. The Morgan fingerprint density at radius 2 is 2.33 bits per heavy atom. The van der Waals surface area contributed by atoms with Crippen LogP contribution in [0.4, 0.5) is 0 Å². The highest BCUT2D eigenvalue weighted by Crippen LogP contribution is 2.09. The van der Waals surface area contributed by atoms with Crippen LogP contribution in [0.2, 0.25) is 0 Å². The van der Waals surface area contributed by atoms with E-state index in [-0.39, 0.29) is 12.4 Å². The van der Waals surface area contributed by atoms with Gasteiger partial charge in [-0.2, -0.15) is 0 Å². The Bertz CT molecular complexity index is 338. The zero-order valence-electron chi connectivity index (χ0n) is 8.86. The Labute approximate surface area is 88.5 Å². The quantitative estimate of drug-likeness (QED) is 0.552. The molecule has 0 fully saturated rings. The summed E-state index contributed by atoms with van der Waals surface area (Å²) in [6.07, 6.45) is 3.56. The molecule has 0 saturated heterocycles. The summed E-state index contributed by atoms with van der Waals surface area (Å²) in [4.78, 5) is 11.3. The van der Waals surface area contributed by atoms with E-state index in [1.54, 1.807) is 25.3 Å². The third-order valence-corrected chi connectivity index (χ3v) is 1.70. The second-order valence-electron chi connectivity index (χ2n) is 2.87. The minimum atomic E-state index is -0.463. The Hall–Kier alpha value is -1.55. The molecule has 4 nitrogen and oxygen atoms in total. The van der Waals surface area contributed by atoms with Crippen molar-refractivity contribution in [2.75, 3.05) is 13.7 Å². The van der Waals surface area contributed by atoms with Crippen molar-refractivity contribution in [2.24, 2.45) is 0 Å². The lowest BCUT2D eigenvalue weighted by molar-refractivity contribution is 0.0506. The van der Waals surface area contributed by atoms with Crippen molar-refractivity contribution in [1.29, 1.82) is 0 Å². The molecule has 0 aliphatic carbocycles. The van der Waals surface area contributed by atoms with Crippen molar-refractivity contribution in [3.63, 3.8) is 0 Å². The molecule has 0 N–H and O–H groups in total. The molecule has 0 spiro atoms. The highest BCUT2D eigenvalue weighted by molar-refractivity contribution is 5.86. The van der Waals surface area contributed by atoms with Crippen LogP contribution in [-0.2, 0) is 16.1 Å². The van der Waals surface area contributed by atoms with Gasteiger partial charge >= 0.3 is 5.97 Å². The molecule has 82 valence electrons. The molecule has 0 saturated carbocycles. The molecule has 1 heterocycles. The average molecular weight is 210 g/mol. The first-order valence-electron chi connectivity index (χ1n) is 4.64. The van der Waals surface area contributed by atoms with Crippen LogP contribution in [-0.4, -0.2) is 19.7 Å². The van der Waals surface area contributed by atoms with Crippen LogP contribution in [0.15, 0.2) is 28.7 Å². The fourth-order valence-electron chi connectivity index (χ4n) is 0.999. The Morgan fingerprint density at radius 1 is 1.53 bits per heavy atom. The first kappa shape index (κ1) is 11.5. The van der Waals surface area contributed by atoms with E-state index in [0.29, 0.717) is 12.4 Å². The molecule has 0 aromatic carbocycles. The third-order valence-electron chi connectivity index (χ3n) is 1.70. The molecule has 0 aliphatic heterocycles. The van der Waals surface area contributed by atoms with Crippen LogP contribution < -0.4 is 0 Å². The summed E-state index contributed by atoms with van der Waals surface area (Å²) in [6, 6.07) is 3.27. The van der Waals surface area contributed by atoms with Crippen molar-refractivity contribution in [3.05, 3.63) is 35.8 Å². The summed E-state index contributed by atoms with van der Waals surface area (Å²) in [5.74, 6) is 0.345. The lowest BCUT2D eigenvalue weighted by Gasteiger charge is -1.98. The molecule has 0 amide bonds. The Morgan fingerprint density at radius 3 is 3.00 bits per heavy atom. The first-order valence-corrected chi connectivity index (χ1v) is 4.64. The van der Waals surface area contributed by atoms with Crippen molar-refractivity contribution in [1.82, 2.24) is 0 Å². The van der Waals surface area contributed by atoms with E-state index in [4.69, 9.17) is 13.9 Å². The van der Waals surface area contributed by atoms with Gasteiger partial charge in [-0.3, -0.25) is 0 Å². The van der Waals surface area contributed by atoms with E-state index in [1.807, 2.05) is 13.0 Å². The van der Waals surface area contributed by atoms with E-state index in [9.17, 15) is 4.79 Å². The lowest BCUT2D eigenvalue weighted by Crippen LogP contribution is -2.03. The van der Waals surface area contributed by atoms with Gasteiger partial charge < -0.3 is 13.9 Å². The lowest BCUT2D eigenvalue weighted by atomic mass is 10.4. The predicted molar refractivity (Wildman–Crippen MR) is 54.5 cm³/mol. The van der Waals surface area contributed by atoms with Gasteiger partial charge in [0.15, 0.2) is 0 Å². The SMILES string of the molecule is C/C=C/COC(=O)c1ccc(COC)o1. The van der Waals surface area contributed by atoms with Gasteiger partial charge in [0, 0.05) is 7.11 Å². The largest absolute Gasteiger partial charge is 0.456 e. The summed E-state index contributed by atoms with van der Waals surface area (Å²) < 4.78 is 15.0. The number of methoxy groups -OCH3 is 1. The van der Waals surface area contributed by atoms with Gasteiger partial charge in [0.05, 0.1) is 0 Å². The summed E-state index contributed by atoms with van der Waals surface area (Å²) in [5.41, 5.74) is 0. The maximum Gasteiger partial charge on any atom is 0.374 e. The van der Waals surface area contributed by atoms with E-state index >= 15 is 0 Å². The minimum Gasteiger partial charge on any atom is -0.456 e. The fourth-order valence-corrected chi connectivity index (χ4v) is 0.999. The zero-order chi connectivity index (χ0) is 11.1. The number of esters is 1. The highest BCUT2D eigenvalue weighted by atomic mass is 16.5. The zero-order valence-corrected chi connectivity index (χ0v) is 8.86. The third kappa shape index (κ3) is 3.59. The maximum atomic E-state index is 11.3. The summed E-state index contributed by atoms with van der Waals surface area (Å²) in [7, 11) is 1.56. The molecule has 1 rings (SSSR count). The van der Waals surface area contributed by atoms with Crippen LogP contribution in [0.1, 0.15) is 23.2 Å². The van der Waals surface area contributed by atoms with Gasteiger partial charge in [-0.1, -0.05) is 12.2 Å². The summed E-state index contributed by atoms with van der Waals surface area (Å²) in [5, 5.41) is 0. The summed E-state index contributed by atoms with van der Waals surface area (Å²) >= 11 is 0. The number of carbonyl (C=O) groups excluding carboxylic acids is 1. The van der Waals surface area contributed by atoms with E-state index in [2.05, 4.69) is 0 Å². The first-order chi connectivity index (χ1) is 7.27. The smallest absolute Gasteiger partial charge is 0.374 e. The van der Waals surface area contributed by atoms with Crippen LogP contribution >= 0.6 is 0 Å². The predicted octanol–water partition coefficient (Wildman–Crippen LogP) is 2.16. The number of rotatable bonds is 5. The number of ether oxygens (including phenoxy) is 2.